The van der Waals surface area contributed by atoms with Crippen LogP contribution in [0.5, 0.6) is 5.75 Å². The molecule has 0 bridgehead atoms. The van der Waals surface area contributed by atoms with Gasteiger partial charge in [-0.15, -0.1) is 0 Å². The van der Waals surface area contributed by atoms with Crippen LogP contribution in [0.15, 0.2) is 23.1 Å². The number of ether oxygens (including phenoxy) is 1. The van der Waals surface area contributed by atoms with E-state index in [2.05, 4.69) is 4.74 Å². The Hall–Kier alpha value is -1.48. The van der Waals surface area contributed by atoms with Gasteiger partial charge in [-0.25, -0.2) is 8.42 Å². The molecule has 1 aromatic rings. The van der Waals surface area contributed by atoms with Gasteiger partial charge < -0.3 is 4.74 Å². The molecule has 0 N–H and O–H groups in total. The molecule has 10 heteroatoms. The van der Waals surface area contributed by atoms with Crippen LogP contribution in [0.1, 0.15) is 0 Å². The first-order chi connectivity index (χ1) is 7.71. The van der Waals surface area contributed by atoms with Gasteiger partial charge in [-0.3, -0.25) is 10.1 Å². The number of nitro benzene ring substituents is 1. The number of alkyl halides is 2. The quantitative estimate of drug-likeness (QED) is 0.481. The number of hydrogen-bond acceptors (Lipinski definition) is 5. The van der Waals surface area contributed by atoms with E-state index in [1.54, 1.807) is 0 Å². The lowest BCUT2D eigenvalue weighted by atomic mass is 10.3. The topological polar surface area (TPSA) is 86.5 Å². The molecule has 0 unspecified atom stereocenters. The van der Waals surface area contributed by atoms with Crippen LogP contribution in [-0.2, 0) is 9.05 Å². The van der Waals surface area contributed by atoms with Crippen LogP contribution >= 0.6 is 10.7 Å². The molecule has 0 spiro atoms. The van der Waals surface area contributed by atoms with Crippen LogP contribution in [0.2, 0.25) is 0 Å². The first-order valence-corrected chi connectivity index (χ1v) is 6.20. The van der Waals surface area contributed by atoms with Crippen molar-refractivity contribution in [2.75, 3.05) is 0 Å². The van der Waals surface area contributed by atoms with Crippen LogP contribution in [0.3, 0.4) is 0 Å². The van der Waals surface area contributed by atoms with Crippen molar-refractivity contribution in [3.8, 4) is 5.75 Å². The summed E-state index contributed by atoms with van der Waals surface area (Å²) in [5, 5.41) is 10.4. The molecule has 0 atom stereocenters. The molecule has 0 amide bonds. The fraction of sp³-hybridized carbons (Fsp3) is 0.143. The monoisotopic (exact) mass is 287 g/mol. The van der Waals surface area contributed by atoms with Gasteiger partial charge in [0.15, 0.2) is 0 Å². The molecule has 1 rings (SSSR count). The number of nitro groups is 1. The van der Waals surface area contributed by atoms with Crippen LogP contribution < -0.4 is 4.74 Å². The number of halogens is 3. The van der Waals surface area contributed by atoms with Gasteiger partial charge in [0.25, 0.3) is 14.7 Å². The second kappa shape index (κ2) is 4.80. The molecule has 0 aliphatic heterocycles. The highest BCUT2D eigenvalue weighted by Gasteiger charge is 2.23. The van der Waals surface area contributed by atoms with Crippen molar-refractivity contribution < 1.29 is 26.9 Å². The highest BCUT2D eigenvalue weighted by Crippen LogP contribution is 2.31. The molecular formula is C7H4ClF2NO5S. The predicted molar refractivity (Wildman–Crippen MR) is 52.8 cm³/mol. The van der Waals surface area contributed by atoms with Gasteiger partial charge in [0.2, 0.25) is 0 Å². The van der Waals surface area contributed by atoms with Crippen molar-refractivity contribution in [1.29, 1.82) is 0 Å². The summed E-state index contributed by atoms with van der Waals surface area (Å²) >= 11 is 0. The number of hydrogen-bond donors (Lipinski definition) is 0. The zero-order valence-corrected chi connectivity index (χ0v) is 9.41. The van der Waals surface area contributed by atoms with E-state index >= 15 is 0 Å². The first kappa shape index (κ1) is 13.6. The van der Waals surface area contributed by atoms with Crippen molar-refractivity contribution in [1.82, 2.24) is 0 Å². The molecule has 0 fully saturated rings. The molecule has 6 nitrogen and oxygen atoms in total. The maximum atomic E-state index is 12.0. The lowest BCUT2D eigenvalue weighted by Crippen LogP contribution is -2.06. The molecular weight excluding hydrogens is 284 g/mol. The molecule has 94 valence electrons. The average Bonchev–Trinajstić information content (AvgIpc) is 2.15. The summed E-state index contributed by atoms with van der Waals surface area (Å²) in [5.41, 5.74) is -0.606. The van der Waals surface area contributed by atoms with Crippen molar-refractivity contribution in [3.63, 3.8) is 0 Å². The summed E-state index contributed by atoms with van der Waals surface area (Å²) in [6.07, 6.45) is 0. The molecule has 0 saturated heterocycles. The van der Waals surface area contributed by atoms with Crippen LogP contribution in [-0.4, -0.2) is 20.0 Å². The molecule has 0 aliphatic rings. The minimum absolute atomic E-state index is 0.542. The van der Waals surface area contributed by atoms with Gasteiger partial charge in [-0.2, -0.15) is 8.78 Å². The largest absolute Gasteiger partial charge is 0.433 e. The summed E-state index contributed by atoms with van der Waals surface area (Å²) in [6, 6.07) is 2.10. The van der Waals surface area contributed by atoms with E-state index in [4.69, 9.17) is 10.7 Å². The van der Waals surface area contributed by atoms with Crippen molar-refractivity contribution in [2.45, 2.75) is 11.5 Å². The van der Waals surface area contributed by atoms with Gasteiger partial charge >= 0.3 is 6.61 Å². The van der Waals surface area contributed by atoms with Crippen molar-refractivity contribution >= 4 is 25.4 Å². The lowest BCUT2D eigenvalue weighted by molar-refractivity contribution is -0.385. The highest BCUT2D eigenvalue weighted by atomic mass is 35.7. The van der Waals surface area contributed by atoms with E-state index in [1.165, 1.54) is 0 Å². The summed E-state index contributed by atoms with van der Waals surface area (Å²) in [5.74, 6) is -0.749. The third-order valence-corrected chi connectivity index (χ3v) is 2.96. The van der Waals surface area contributed by atoms with E-state index < -0.39 is 36.9 Å². The van der Waals surface area contributed by atoms with E-state index in [9.17, 15) is 27.3 Å². The molecule has 0 heterocycles. The minimum Gasteiger partial charge on any atom is -0.433 e. The zero-order chi connectivity index (χ0) is 13.2. The number of non-ortho nitro benzene ring substituents is 1. The summed E-state index contributed by atoms with van der Waals surface area (Å²) in [4.78, 5) is 8.62. The van der Waals surface area contributed by atoms with Crippen molar-refractivity contribution in [2.24, 2.45) is 0 Å². The Morgan fingerprint density at radius 1 is 1.41 bits per heavy atom. The Balaban J connectivity index is 3.37. The fourth-order valence-electron chi connectivity index (χ4n) is 0.994. The van der Waals surface area contributed by atoms with Gasteiger partial charge in [-0.1, -0.05) is 0 Å². The van der Waals surface area contributed by atoms with E-state index in [1.807, 2.05) is 0 Å². The molecule has 0 saturated carbocycles. The summed E-state index contributed by atoms with van der Waals surface area (Å²) in [7, 11) is 0.523. The summed E-state index contributed by atoms with van der Waals surface area (Å²) < 4.78 is 49.9. The Bertz CT molecular complexity index is 547. The summed E-state index contributed by atoms with van der Waals surface area (Å²) in [6.45, 7) is -3.27. The Labute approximate surface area is 98.3 Å². The lowest BCUT2D eigenvalue weighted by Gasteiger charge is -2.07. The Morgan fingerprint density at radius 3 is 2.41 bits per heavy atom. The van der Waals surface area contributed by atoms with Gasteiger partial charge in [-0.05, 0) is 6.07 Å². The second-order valence-electron chi connectivity index (χ2n) is 2.70. The Kier molecular flexibility index (Phi) is 3.83. The standard InChI is InChI=1S/C7H4ClF2NO5S/c8-17(14,15)6-3-4(11(12)13)1-2-5(6)16-7(9)10/h1-3,7H. The van der Waals surface area contributed by atoms with Gasteiger partial charge in [0.05, 0.1) is 4.92 Å². The molecule has 17 heavy (non-hydrogen) atoms. The van der Waals surface area contributed by atoms with E-state index in [-0.39, 0.29) is 0 Å². The van der Waals surface area contributed by atoms with Crippen LogP contribution in [0.4, 0.5) is 14.5 Å². The third-order valence-electron chi connectivity index (χ3n) is 1.62. The maximum absolute atomic E-state index is 12.0. The van der Waals surface area contributed by atoms with Crippen LogP contribution in [0, 0.1) is 10.1 Å². The minimum atomic E-state index is -4.43. The second-order valence-corrected chi connectivity index (χ2v) is 5.24. The average molecular weight is 288 g/mol. The van der Waals surface area contributed by atoms with E-state index in [0.717, 1.165) is 12.1 Å². The molecule has 1 aromatic carbocycles. The number of rotatable bonds is 4. The van der Waals surface area contributed by atoms with Gasteiger partial charge in [0.1, 0.15) is 10.6 Å². The Morgan fingerprint density at radius 2 is 2.00 bits per heavy atom. The molecule has 0 radical (unpaired) electrons. The smallest absolute Gasteiger partial charge is 0.387 e. The fourth-order valence-corrected chi connectivity index (χ4v) is 1.97. The SMILES string of the molecule is O=[N+]([O-])c1ccc(OC(F)F)c(S(=O)(=O)Cl)c1. The number of nitrogens with zero attached hydrogens (tertiary/aromatic N) is 1. The van der Waals surface area contributed by atoms with Crippen molar-refractivity contribution in [3.05, 3.63) is 28.3 Å². The van der Waals surface area contributed by atoms with Crippen LogP contribution in [0.25, 0.3) is 0 Å². The maximum Gasteiger partial charge on any atom is 0.387 e. The normalized spacial score (nSPS) is 11.5. The number of benzene rings is 1. The predicted octanol–water partition coefficient (Wildman–Crippen LogP) is 2.12. The highest BCUT2D eigenvalue weighted by molar-refractivity contribution is 8.13. The molecule has 0 aliphatic carbocycles. The molecule has 0 aromatic heterocycles. The first-order valence-electron chi connectivity index (χ1n) is 3.89. The van der Waals surface area contributed by atoms with Gasteiger partial charge in [0, 0.05) is 22.8 Å². The van der Waals surface area contributed by atoms with E-state index in [0.29, 0.717) is 6.07 Å². The third kappa shape index (κ3) is 3.49. The zero-order valence-electron chi connectivity index (χ0n) is 7.84.